The van der Waals surface area contributed by atoms with E-state index in [2.05, 4.69) is 99.7 Å². The number of aromatic amines is 2. The van der Waals surface area contributed by atoms with Crippen molar-refractivity contribution >= 4 is 136 Å². The third-order valence-corrected chi connectivity index (χ3v) is 27.2. The Kier molecular flexibility index (Phi) is 44.0. The Hall–Kier alpha value is -15.9. The van der Waals surface area contributed by atoms with Gasteiger partial charge >= 0.3 is 11.9 Å². The van der Waals surface area contributed by atoms with Gasteiger partial charge in [-0.2, -0.15) is 0 Å². The van der Waals surface area contributed by atoms with Crippen LogP contribution in [0.2, 0.25) is 0 Å². The molecule has 10 rings (SSSR count). The Bertz CT molecular complexity index is 5890. The largest absolute Gasteiger partial charge is 0.481 e. The van der Waals surface area contributed by atoms with Crippen molar-refractivity contribution in [3.05, 3.63) is 186 Å². The van der Waals surface area contributed by atoms with Crippen molar-refractivity contribution in [2.24, 2.45) is 35.1 Å². The molecule has 3 fully saturated rings. The molecule has 46 heteroatoms. The van der Waals surface area contributed by atoms with E-state index in [1.54, 1.807) is 151 Å². The van der Waals surface area contributed by atoms with Crippen LogP contribution in [-0.4, -0.2) is 283 Å². The summed E-state index contributed by atoms with van der Waals surface area (Å²) in [4.78, 5) is 290. The molecule has 1 saturated carbocycles. The molecule has 3 aliphatic rings. The summed E-state index contributed by atoms with van der Waals surface area (Å²) >= 11 is 0.834. The third kappa shape index (κ3) is 35.7. The van der Waals surface area contributed by atoms with E-state index in [9.17, 15) is 67.7 Å². The van der Waals surface area contributed by atoms with Gasteiger partial charge in [0, 0.05) is 99.2 Å². The number of carboxylic acid groups (broad SMARTS) is 2. The molecule has 17 amide bonds. The average molecular weight is 2090 g/mol. The Labute approximate surface area is 871 Å². The molecule has 0 unspecified atom stereocenters. The van der Waals surface area contributed by atoms with Gasteiger partial charge in [0.1, 0.15) is 72.5 Å². The summed E-state index contributed by atoms with van der Waals surface area (Å²) in [5.74, 6) is -20.8. The van der Waals surface area contributed by atoms with E-state index in [-0.39, 0.29) is 118 Å². The molecule has 13 atom stereocenters. The second-order valence-electron chi connectivity index (χ2n) is 38.6. The molecule has 0 spiro atoms. The zero-order chi connectivity index (χ0) is 109. The van der Waals surface area contributed by atoms with Crippen molar-refractivity contribution in [2.45, 2.75) is 230 Å². The number of hydrogen-bond acceptors (Lipinski definition) is 23. The lowest BCUT2D eigenvalue weighted by molar-refractivity contribution is -0.144. The number of fused-ring (bicyclic) bond motifs is 1. The second-order valence-corrected chi connectivity index (χ2v) is 39.7. The molecule has 2 aliphatic heterocycles. The molecule has 804 valence electrons. The molecule has 7 aromatic rings. The van der Waals surface area contributed by atoms with Crippen LogP contribution < -0.4 is 91.2 Å². The number of imidazole rings is 2. The molecular formula is C104H136N24O21S. The number of likely N-dealkylation sites (N-methyl/N-ethyl adjacent to an activating group) is 1. The number of carbonyl (C=O) groups excluding carboxylic acids is 17. The van der Waals surface area contributed by atoms with Crippen LogP contribution in [0.5, 0.6) is 0 Å². The van der Waals surface area contributed by atoms with E-state index >= 15 is 33.6 Å². The minimum Gasteiger partial charge on any atom is -0.481 e. The van der Waals surface area contributed by atoms with Crippen molar-refractivity contribution < 1.29 is 101 Å². The van der Waals surface area contributed by atoms with Gasteiger partial charge in [0.05, 0.1) is 44.3 Å². The summed E-state index contributed by atoms with van der Waals surface area (Å²) in [6.45, 7) is 8.45. The smallest absolute Gasteiger partial charge is 0.307 e. The van der Waals surface area contributed by atoms with E-state index in [4.69, 9.17) is 16.9 Å². The van der Waals surface area contributed by atoms with Gasteiger partial charge in [-0.1, -0.05) is 165 Å². The number of carbonyl (C=O) groups is 19. The number of nitrogens with one attached hydrogen (secondary N) is 18. The van der Waals surface area contributed by atoms with Crippen molar-refractivity contribution in [2.75, 3.05) is 57.1 Å². The number of H-pyrrole nitrogens is 2. The number of thioether (sulfide) groups is 1. The molecule has 0 radical (unpaired) electrons. The number of rotatable bonds is 31. The third-order valence-electron chi connectivity index (χ3n) is 26.2. The van der Waals surface area contributed by atoms with Crippen LogP contribution in [0, 0.1) is 29.1 Å². The zero-order valence-electron chi connectivity index (χ0n) is 85.1. The second kappa shape index (κ2) is 56.8. The minimum atomic E-state index is -2.04. The van der Waals surface area contributed by atoms with Gasteiger partial charge in [0.15, 0.2) is 5.96 Å². The van der Waals surface area contributed by atoms with Gasteiger partial charge in [-0.3, -0.25) is 96.5 Å². The number of primary amides is 1. The highest BCUT2D eigenvalue weighted by Gasteiger charge is 2.44. The summed E-state index contributed by atoms with van der Waals surface area (Å²) in [5.41, 5.74) is 16.9. The molecule has 0 bridgehead atoms. The monoisotopic (exact) mass is 2090 g/mol. The molecule has 4 heterocycles. The molecule has 45 nitrogen and oxygen atoms in total. The van der Waals surface area contributed by atoms with Crippen LogP contribution in [0.4, 0.5) is 5.69 Å². The van der Waals surface area contributed by atoms with Crippen molar-refractivity contribution in [3.63, 3.8) is 0 Å². The quantitative estimate of drug-likeness (QED) is 0.0167. The van der Waals surface area contributed by atoms with Gasteiger partial charge in [-0.05, 0) is 138 Å². The lowest BCUT2D eigenvalue weighted by atomic mass is 9.84. The lowest BCUT2D eigenvalue weighted by Gasteiger charge is -2.33. The maximum Gasteiger partial charge on any atom is 0.307 e. The minimum absolute atomic E-state index is 0.0167. The first-order valence-corrected chi connectivity index (χ1v) is 51.2. The standard InChI is InChI=1S/C104H136N24O21S/c1-9-59(6)89-103(149)128-40-14-18-82(128)100(146)125-88(58(4)5)101(147)122-78(47-72-50-110-56-114-72)98(144)119-74(41-57(2)3)94(140)124-81(92(138)112-51-83(105)129)53-150-54-85(131)117-75(42-60-15-11-10-12-16-60)95(141)120-76(43-61-19-25-64(26-20-61)66-31-33-68(34-32-66)90(136)108-7)96(142)123-80(44-62-21-27-65(28-22-62)67-35-37-70(38-36-67)115-91(137)69-29-23-63(24-30-69)45-86(132)133)102(148)127(8)52-84(130)116-77(46-71-49-109-55-113-71)97(143)121-79(48-87(134)135)99(145)118-73(93(139)126-89)17-13-39-111-104(106)107/h19-38,49-50,55-60,73-82,88-89H,9-18,39-48,51-54H2,1-8H3,(H2,105,129)(H,108,136)(H,109,113)(H,110,114)(H,112,138)(H,115,137)(H,116,130)(H,117,131)(H,118,145)(H,119,144)(H,120,141)(H,121,143)(H,122,147)(H,123,142)(H,124,140)(H,125,146)(H,126,139)(H,132,133)(H,134,135)(H4,106,107,111)/t59-,73+,74-,75-,76-,77-,78-,79-,80-,81-,82-,88-,89-/m0/s1. The highest BCUT2D eigenvalue weighted by Crippen LogP contribution is 2.31. The predicted octanol–water partition coefficient (Wildman–Crippen LogP) is 1.56. The Morgan fingerprint density at radius 1 is 0.500 bits per heavy atom. The van der Waals surface area contributed by atoms with E-state index < -0.39 is 228 Å². The first kappa shape index (κ1) is 116. The predicted molar refractivity (Wildman–Crippen MR) is 554 cm³/mol. The first-order chi connectivity index (χ1) is 71.6. The molecule has 5 aromatic carbocycles. The molecule has 2 aromatic heterocycles. The van der Waals surface area contributed by atoms with Crippen LogP contribution in [-0.2, 0) is 114 Å². The molecule has 24 N–H and O–H groups in total. The maximum absolute atomic E-state index is 15.9. The molecular weight excluding hydrogens is 1950 g/mol. The Balaban J connectivity index is 1.03. The summed E-state index contributed by atoms with van der Waals surface area (Å²) in [6.07, 6.45) is 6.61. The highest BCUT2D eigenvalue weighted by molar-refractivity contribution is 8.00. The number of anilines is 1. The van der Waals surface area contributed by atoms with Gasteiger partial charge in [0.2, 0.25) is 88.6 Å². The number of guanidine groups is 1. The Morgan fingerprint density at radius 2 is 0.987 bits per heavy atom. The van der Waals surface area contributed by atoms with E-state index in [0.29, 0.717) is 68.7 Å². The summed E-state index contributed by atoms with van der Waals surface area (Å²) < 4.78 is 0. The van der Waals surface area contributed by atoms with Crippen molar-refractivity contribution in [3.8, 4) is 22.3 Å². The number of aromatic nitrogens is 4. The topological polar surface area (TPSA) is 685 Å². The fourth-order valence-corrected chi connectivity index (χ4v) is 18.7. The van der Waals surface area contributed by atoms with E-state index in [0.717, 1.165) is 35.9 Å². The number of amides is 17. The van der Waals surface area contributed by atoms with Gasteiger partial charge < -0.3 is 121 Å². The van der Waals surface area contributed by atoms with Crippen LogP contribution in [0.25, 0.3) is 22.3 Å². The van der Waals surface area contributed by atoms with E-state index in [1.807, 2.05) is 0 Å². The van der Waals surface area contributed by atoms with Crippen LogP contribution in [0.1, 0.15) is 174 Å². The summed E-state index contributed by atoms with van der Waals surface area (Å²) in [5, 5.41) is 67.9. The van der Waals surface area contributed by atoms with E-state index in [1.165, 1.54) is 56.2 Å². The number of benzene rings is 5. The number of nitrogens with zero attached hydrogens (tertiary/aromatic N) is 4. The van der Waals surface area contributed by atoms with Crippen molar-refractivity contribution in [1.82, 2.24) is 104 Å². The fourth-order valence-electron chi connectivity index (χ4n) is 17.8. The number of nitrogens with two attached hydrogens (primary N) is 2. The fraction of sp³-hybridized carbons (Fsp3) is 0.462. The zero-order valence-corrected chi connectivity index (χ0v) is 85.9. The first-order valence-electron chi connectivity index (χ1n) is 50.1. The average Bonchev–Trinajstić information content (AvgIpc) is 1.69. The lowest BCUT2D eigenvalue weighted by Crippen LogP contribution is -2.62. The van der Waals surface area contributed by atoms with Crippen LogP contribution in [0.3, 0.4) is 0 Å². The van der Waals surface area contributed by atoms with Crippen LogP contribution >= 0.6 is 11.8 Å². The van der Waals surface area contributed by atoms with Gasteiger partial charge in [-0.25, -0.2) is 9.97 Å². The van der Waals surface area contributed by atoms with Gasteiger partial charge in [-0.15, -0.1) is 11.8 Å². The number of aliphatic carboxylic acids is 2. The van der Waals surface area contributed by atoms with Crippen molar-refractivity contribution in [1.29, 1.82) is 5.41 Å². The number of hydrogen-bond donors (Lipinski definition) is 22. The number of carboxylic acids is 2. The maximum atomic E-state index is 15.9. The SMILES string of the molecule is CC[C@H](C)[C@@H]1NC(=O)[C@@H](CCCNC(=N)N)NC(=O)[C@H](CC(=O)O)NC(=O)[C@H](Cc2cnc[nH]2)NC(=O)CN(C)C(=O)[C@H](Cc2ccc(-c3ccc(NC(=O)c4ccc(CC(=O)O)cc4)cc3)cc2)NC(=O)[C@H](Cc2ccc(-c3ccc(C(=O)NC)cc3)cc2)NC(=O)[C@H](CC2CCCCC2)NC(=O)CSC[C@@H](C(=O)NCC(N)=O)NC(=O)[C@H](CC(C)C)NC(=O)[C@H](Cc2cnc[nH]2)NC(=O)[C@H](C(C)C)NC(=O)[C@@H]2CCCN2C1=O. The normalized spacial score (nSPS) is 21.9. The molecule has 2 saturated heterocycles. The van der Waals surface area contributed by atoms with Crippen LogP contribution in [0.15, 0.2) is 146 Å². The summed E-state index contributed by atoms with van der Waals surface area (Å²) in [6, 6.07) is 14.7. The van der Waals surface area contributed by atoms with Gasteiger partial charge in [0.25, 0.3) is 11.8 Å². The highest BCUT2D eigenvalue weighted by atomic mass is 32.2. The molecule has 150 heavy (non-hydrogen) atoms. The Morgan fingerprint density at radius 3 is 1.53 bits per heavy atom. The summed E-state index contributed by atoms with van der Waals surface area (Å²) in [7, 11) is 2.73. The molecule has 1 aliphatic carbocycles.